The summed E-state index contributed by atoms with van der Waals surface area (Å²) in [5.41, 5.74) is 0. The van der Waals surface area contributed by atoms with Crippen LogP contribution in [0.25, 0.3) is 0 Å². The first-order valence-electron chi connectivity index (χ1n) is 4.55. The third-order valence-electron chi connectivity index (χ3n) is 1.63. The maximum atomic E-state index is 11.7. The number of rotatable bonds is 6. The van der Waals surface area contributed by atoms with Crippen LogP contribution < -0.4 is 0 Å². The van der Waals surface area contributed by atoms with Crippen LogP contribution in [0.3, 0.4) is 0 Å². The van der Waals surface area contributed by atoms with Crippen LogP contribution in [0, 0.1) is 0 Å². The summed E-state index contributed by atoms with van der Waals surface area (Å²) in [6, 6.07) is 0. The standard InChI is InChI=1S/2C4H6F3.Sn/c2*1-2-3-4(5,6)7;/h2*1-3H2;/q;;+2. The van der Waals surface area contributed by atoms with Gasteiger partial charge >= 0.3 is 94.4 Å². The molecule has 0 fully saturated rings. The Labute approximate surface area is 94.6 Å². The van der Waals surface area contributed by atoms with Crippen LogP contribution in [0.15, 0.2) is 0 Å². The molecule has 15 heavy (non-hydrogen) atoms. The molecule has 0 aromatic rings. The van der Waals surface area contributed by atoms with Gasteiger partial charge < -0.3 is 0 Å². The van der Waals surface area contributed by atoms with Gasteiger partial charge in [0.05, 0.1) is 0 Å². The maximum absolute atomic E-state index is 11.7. The summed E-state index contributed by atoms with van der Waals surface area (Å²) in [5.74, 6) is 0. The van der Waals surface area contributed by atoms with E-state index >= 15 is 0 Å². The predicted octanol–water partition coefficient (Wildman–Crippen LogP) is 4.21. The second-order valence-corrected chi connectivity index (χ2v) is 7.47. The van der Waals surface area contributed by atoms with Crippen molar-refractivity contribution in [1.82, 2.24) is 0 Å². The van der Waals surface area contributed by atoms with Crippen LogP contribution in [0.1, 0.15) is 25.7 Å². The van der Waals surface area contributed by atoms with E-state index in [9.17, 15) is 26.3 Å². The number of alkyl halides is 6. The van der Waals surface area contributed by atoms with Crippen LogP contribution >= 0.6 is 0 Å². The van der Waals surface area contributed by atoms with Gasteiger partial charge in [-0.3, -0.25) is 0 Å². The Hall–Kier alpha value is 0.379. The first-order valence-corrected chi connectivity index (χ1v) is 8.58. The average Bonchev–Trinajstić information content (AvgIpc) is 1.98. The van der Waals surface area contributed by atoms with Crippen molar-refractivity contribution in [3.05, 3.63) is 0 Å². The zero-order chi connectivity index (χ0) is 11.9. The van der Waals surface area contributed by atoms with Crippen LogP contribution in [0.5, 0.6) is 0 Å². The molecule has 0 amide bonds. The SMILES string of the molecule is FC(F)(F)CC[CH2][Sn+2][CH2]CCC(F)(F)F. The molecule has 0 saturated carbocycles. The van der Waals surface area contributed by atoms with Crippen LogP contribution in [0.2, 0.25) is 8.87 Å². The minimum atomic E-state index is -4.12. The van der Waals surface area contributed by atoms with E-state index in [1.54, 1.807) is 0 Å². The molecule has 0 nitrogen and oxygen atoms in total. The van der Waals surface area contributed by atoms with Gasteiger partial charge in [0.2, 0.25) is 0 Å². The Bertz CT molecular complexity index is 143. The van der Waals surface area contributed by atoms with Crippen molar-refractivity contribution in [2.75, 3.05) is 0 Å². The van der Waals surface area contributed by atoms with Crippen molar-refractivity contribution >= 4 is 21.1 Å². The quantitative estimate of drug-likeness (QED) is 0.386. The van der Waals surface area contributed by atoms with Crippen molar-refractivity contribution in [3.63, 3.8) is 0 Å². The van der Waals surface area contributed by atoms with E-state index in [1.165, 1.54) is 0 Å². The fourth-order valence-electron chi connectivity index (χ4n) is 0.953. The molecular weight excluding hydrogens is 329 g/mol. The molecule has 0 aliphatic rings. The summed E-state index contributed by atoms with van der Waals surface area (Å²) in [5, 5.41) is 0. The van der Waals surface area contributed by atoms with Gasteiger partial charge in [0, 0.05) is 0 Å². The molecule has 0 bridgehead atoms. The monoisotopic (exact) mass is 342 g/mol. The van der Waals surface area contributed by atoms with Crippen molar-refractivity contribution in [2.24, 2.45) is 0 Å². The molecule has 0 atom stereocenters. The number of hydrogen-bond acceptors (Lipinski definition) is 0. The Morgan fingerprint density at radius 2 is 1.00 bits per heavy atom. The Morgan fingerprint density at radius 1 is 0.667 bits per heavy atom. The molecule has 0 radical (unpaired) electrons. The molecular formula is C8H12F6Sn+2. The third kappa shape index (κ3) is 14.4. The van der Waals surface area contributed by atoms with E-state index in [-0.39, 0.29) is 12.8 Å². The number of hydrogen-bond donors (Lipinski definition) is 0. The van der Waals surface area contributed by atoms with Gasteiger partial charge in [-0.1, -0.05) is 0 Å². The molecule has 0 aliphatic carbocycles. The van der Waals surface area contributed by atoms with Crippen molar-refractivity contribution < 1.29 is 26.3 Å². The molecule has 0 aromatic heterocycles. The molecule has 88 valence electrons. The average molecular weight is 341 g/mol. The number of halogens is 6. The van der Waals surface area contributed by atoms with Crippen molar-refractivity contribution in [1.29, 1.82) is 0 Å². The summed E-state index contributed by atoms with van der Waals surface area (Å²) in [6.45, 7) is 0. The molecule has 0 unspecified atom stereocenters. The fourth-order valence-corrected chi connectivity index (χ4v) is 4.10. The summed E-state index contributed by atoms with van der Waals surface area (Å²) in [7, 11) is 0. The van der Waals surface area contributed by atoms with Gasteiger partial charge in [-0.25, -0.2) is 0 Å². The second-order valence-electron chi connectivity index (χ2n) is 3.19. The van der Waals surface area contributed by atoms with Crippen molar-refractivity contribution in [2.45, 2.75) is 46.9 Å². The minimum absolute atomic E-state index is 0.0850. The zero-order valence-corrected chi connectivity index (χ0v) is 10.9. The van der Waals surface area contributed by atoms with Gasteiger partial charge in [-0.05, 0) is 0 Å². The second kappa shape index (κ2) is 6.85. The Kier molecular flexibility index (Phi) is 7.03. The Balaban J connectivity index is 3.20. The summed E-state index contributed by atoms with van der Waals surface area (Å²) in [6.07, 6.45) is -9.67. The molecule has 0 heterocycles. The van der Waals surface area contributed by atoms with Gasteiger partial charge in [-0.15, -0.1) is 0 Å². The molecule has 0 saturated heterocycles. The molecule has 0 aromatic carbocycles. The predicted molar refractivity (Wildman–Crippen MR) is 45.9 cm³/mol. The van der Waals surface area contributed by atoms with E-state index in [0.717, 1.165) is 0 Å². The summed E-state index contributed by atoms with van der Waals surface area (Å²) < 4.78 is 71.0. The zero-order valence-electron chi connectivity index (χ0n) is 8.01. The molecule has 0 N–H and O–H groups in total. The first kappa shape index (κ1) is 15.4. The van der Waals surface area contributed by atoms with Crippen molar-refractivity contribution in [3.8, 4) is 0 Å². The summed E-state index contributed by atoms with van der Waals surface area (Å²) >= 11 is -0.987. The van der Waals surface area contributed by atoms with Gasteiger partial charge in [0.25, 0.3) is 0 Å². The molecule has 0 aliphatic heterocycles. The van der Waals surface area contributed by atoms with Crippen LogP contribution in [-0.4, -0.2) is 33.5 Å². The van der Waals surface area contributed by atoms with Gasteiger partial charge in [0.1, 0.15) is 0 Å². The van der Waals surface area contributed by atoms with E-state index in [4.69, 9.17) is 0 Å². The summed E-state index contributed by atoms with van der Waals surface area (Å²) in [4.78, 5) is 0. The first-order chi connectivity index (χ1) is 6.71. The molecule has 0 spiro atoms. The molecule has 7 heteroatoms. The topological polar surface area (TPSA) is 0 Å². The van der Waals surface area contributed by atoms with Gasteiger partial charge in [-0.2, -0.15) is 0 Å². The van der Waals surface area contributed by atoms with Crippen LogP contribution in [-0.2, 0) is 0 Å². The van der Waals surface area contributed by atoms with Crippen LogP contribution in [0.4, 0.5) is 26.3 Å². The third-order valence-corrected chi connectivity index (χ3v) is 5.66. The van der Waals surface area contributed by atoms with Gasteiger partial charge in [0.15, 0.2) is 0 Å². The molecule has 0 rings (SSSR count). The Morgan fingerprint density at radius 3 is 1.27 bits per heavy atom. The van der Waals surface area contributed by atoms with E-state index in [2.05, 4.69) is 0 Å². The van der Waals surface area contributed by atoms with E-state index in [1.807, 2.05) is 0 Å². The van der Waals surface area contributed by atoms with E-state index in [0.29, 0.717) is 8.87 Å². The fraction of sp³-hybridized carbons (Fsp3) is 1.00. The van der Waals surface area contributed by atoms with E-state index < -0.39 is 46.3 Å². The normalized spacial score (nSPS) is 12.7.